The van der Waals surface area contributed by atoms with E-state index in [0.29, 0.717) is 19.8 Å². The molecule has 0 spiro atoms. The maximum absolute atomic E-state index is 11.5. The van der Waals surface area contributed by atoms with Crippen molar-refractivity contribution in [3.05, 3.63) is 11.1 Å². The Labute approximate surface area is 180 Å². The number of ether oxygens (including phenoxy) is 1. The van der Waals surface area contributed by atoms with Gasteiger partial charge in [0.2, 0.25) is 11.2 Å². The lowest BCUT2D eigenvalue weighted by Gasteiger charge is -2.42. The highest BCUT2D eigenvalue weighted by atomic mass is 35.5. The number of carbonyl (C=O) groups excluding carboxylic acids is 1. The highest BCUT2D eigenvalue weighted by molar-refractivity contribution is 6.28. The zero-order valence-corrected chi connectivity index (χ0v) is 18.4. The first-order chi connectivity index (χ1) is 14.3. The Balaban J connectivity index is 1.53. The monoisotopic (exact) mass is 436 g/mol. The van der Waals surface area contributed by atoms with E-state index in [1.165, 1.54) is 0 Å². The van der Waals surface area contributed by atoms with Crippen LogP contribution in [0.2, 0.25) is 5.28 Å². The van der Waals surface area contributed by atoms with Crippen molar-refractivity contribution in [3.63, 3.8) is 0 Å². The largest absolute Gasteiger partial charge is 0.378 e. The van der Waals surface area contributed by atoms with E-state index in [4.69, 9.17) is 27.1 Å². The van der Waals surface area contributed by atoms with Gasteiger partial charge in [-0.2, -0.15) is 9.97 Å². The number of amides is 1. The lowest BCUT2D eigenvalue weighted by atomic mass is 10.00. The average Bonchev–Trinajstić information content (AvgIpc) is 3.03. The van der Waals surface area contributed by atoms with Crippen LogP contribution in [0.25, 0.3) is 11.2 Å². The number of aryl methyl sites for hydroxylation is 1. The summed E-state index contributed by atoms with van der Waals surface area (Å²) in [5.74, 6) is 1.36. The molecule has 11 heteroatoms. The van der Waals surface area contributed by atoms with Crippen molar-refractivity contribution >= 4 is 34.5 Å². The fourth-order valence-electron chi connectivity index (χ4n) is 4.03. The van der Waals surface area contributed by atoms with E-state index in [1.807, 2.05) is 13.8 Å². The summed E-state index contributed by atoms with van der Waals surface area (Å²) in [5.41, 5.74) is 6.29. The maximum Gasteiger partial charge on any atom is 0.237 e. The number of imidazole rings is 1. The fourth-order valence-corrected chi connectivity index (χ4v) is 4.19. The van der Waals surface area contributed by atoms with E-state index in [2.05, 4.69) is 36.6 Å². The van der Waals surface area contributed by atoms with Gasteiger partial charge in [0, 0.05) is 38.8 Å². The summed E-state index contributed by atoms with van der Waals surface area (Å²) in [7, 11) is 0. The van der Waals surface area contributed by atoms with Crippen LogP contribution in [0.4, 0.5) is 5.82 Å². The van der Waals surface area contributed by atoms with E-state index in [-0.39, 0.29) is 17.2 Å². The second-order valence-electron chi connectivity index (χ2n) is 8.38. The van der Waals surface area contributed by atoms with Crippen LogP contribution in [0.1, 0.15) is 26.6 Å². The molecule has 0 saturated carbocycles. The van der Waals surface area contributed by atoms with Crippen LogP contribution in [0.3, 0.4) is 0 Å². The number of morpholine rings is 1. The van der Waals surface area contributed by atoms with E-state index in [0.717, 1.165) is 55.5 Å². The molecule has 4 heterocycles. The first-order valence-corrected chi connectivity index (χ1v) is 10.7. The predicted octanol–water partition coefficient (Wildman–Crippen LogP) is 0.374. The van der Waals surface area contributed by atoms with Crippen molar-refractivity contribution in [1.29, 1.82) is 0 Å². The molecule has 10 nitrogen and oxygen atoms in total. The molecule has 0 atom stereocenters. The molecule has 30 heavy (non-hydrogen) atoms. The molecule has 4 rings (SSSR count). The number of anilines is 1. The molecule has 0 bridgehead atoms. The molecular formula is C19H29ClN8O2. The molecule has 2 aromatic heterocycles. The highest BCUT2D eigenvalue weighted by Crippen LogP contribution is 2.28. The topological polar surface area (TPSA) is 114 Å². The third-order valence-electron chi connectivity index (χ3n) is 5.76. The highest BCUT2D eigenvalue weighted by Gasteiger charge is 2.35. The number of halogens is 1. The van der Waals surface area contributed by atoms with E-state index in [9.17, 15) is 4.79 Å². The van der Waals surface area contributed by atoms with Crippen LogP contribution in [0, 0.1) is 0 Å². The van der Waals surface area contributed by atoms with E-state index >= 15 is 0 Å². The third kappa shape index (κ3) is 4.09. The number of nitrogens with two attached hydrogens (primary N) is 1. The number of carbonyl (C=O) groups is 1. The van der Waals surface area contributed by atoms with Crippen molar-refractivity contribution in [3.8, 4) is 0 Å². The van der Waals surface area contributed by atoms with Crippen LogP contribution < -0.4 is 16.0 Å². The molecule has 2 fully saturated rings. The van der Waals surface area contributed by atoms with Gasteiger partial charge in [0.25, 0.3) is 0 Å². The first-order valence-electron chi connectivity index (χ1n) is 10.3. The number of primary amides is 1. The summed E-state index contributed by atoms with van der Waals surface area (Å²) in [4.78, 5) is 29.8. The minimum Gasteiger partial charge on any atom is -0.378 e. The molecule has 0 aromatic carbocycles. The number of hydrogen-bond donors (Lipinski definition) is 2. The minimum atomic E-state index is -0.716. The Bertz CT molecular complexity index is 934. The number of fused-ring (bicyclic) bond motifs is 1. The molecule has 2 aromatic rings. The fraction of sp³-hybridized carbons (Fsp3) is 0.684. The Morgan fingerprint density at radius 2 is 1.97 bits per heavy atom. The number of rotatable bonds is 7. The first kappa shape index (κ1) is 21.2. The summed E-state index contributed by atoms with van der Waals surface area (Å²) in [5, 5.41) is 3.55. The number of nitrogens with zero attached hydrogens (tertiary/aromatic N) is 6. The standard InChI is InChI=1S/C19H29ClN8O2/c1-4-28-13(11-26-9-12(10-26)25-19(2,3)17(21)29)22-14-15(23-18(20)24-16(14)28)27-5-7-30-8-6-27/h12,25H,4-11H2,1-3H3,(H2,21,29). The predicted molar refractivity (Wildman–Crippen MR) is 115 cm³/mol. The van der Waals surface area contributed by atoms with Gasteiger partial charge < -0.3 is 19.9 Å². The molecule has 2 aliphatic heterocycles. The van der Waals surface area contributed by atoms with Crippen LogP contribution in [0.15, 0.2) is 0 Å². The molecule has 0 radical (unpaired) electrons. The van der Waals surface area contributed by atoms with Crippen LogP contribution in [-0.4, -0.2) is 81.3 Å². The molecule has 0 aliphatic carbocycles. The smallest absolute Gasteiger partial charge is 0.237 e. The van der Waals surface area contributed by atoms with Gasteiger partial charge in [-0.25, -0.2) is 4.98 Å². The maximum atomic E-state index is 11.5. The van der Waals surface area contributed by atoms with E-state index < -0.39 is 5.54 Å². The van der Waals surface area contributed by atoms with Gasteiger partial charge >= 0.3 is 0 Å². The summed E-state index contributed by atoms with van der Waals surface area (Å²) >= 11 is 6.25. The van der Waals surface area contributed by atoms with Crippen LogP contribution in [0.5, 0.6) is 0 Å². The summed E-state index contributed by atoms with van der Waals surface area (Å²) in [6.07, 6.45) is 0. The quantitative estimate of drug-likeness (QED) is 0.598. The van der Waals surface area contributed by atoms with Crippen LogP contribution in [-0.2, 0) is 22.6 Å². The number of aromatic nitrogens is 4. The molecule has 3 N–H and O–H groups in total. The summed E-state index contributed by atoms with van der Waals surface area (Å²) < 4.78 is 7.56. The number of nitrogens with one attached hydrogen (secondary N) is 1. The second kappa shape index (κ2) is 8.26. The SMILES string of the molecule is CCn1c(CN2CC(NC(C)(C)C(N)=O)C2)nc2c(N3CCOCC3)nc(Cl)nc21. The minimum absolute atomic E-state index is 0.227. The van der Waals surface area contributed by atoms with Crippen molar-refractivity contribution < 1.29 is 9.53 Å². The third-order valence-corrected chi connectivity index (χ3v) is 5.93. The van der Waals surface area contributed by atoms with Gasteiger partial charge in [0.1, 0.15) is 5.82 Å². The molecule has 164 valence electrons. The van der Waals surface area contributed by atoms with Gasteiger partial charge in [0.15, 0.2) is 17.0 Å². The number of likely N-dealkylation sites (tertiary alicyclic amines) is 1. The summed E-state index contributed by atoms with van der Waals surface area (Å²) in [6, 6.07) is 0.227. The lowest BCUT2D eigenvalue weighted by Crippen LogP contribution is -2.65. The summed E-state index contributed by atoms with van der Waals surface area (Å²) in [6.45, 7) is 11.6. The Morgan fingerprint density at radius 1 is 1.27 bits per heavy atom. The van der Waals surface area contributed by atoms with Gasteiger partial charge in [-0.3, -0.25) is 15.0 Å². The van der Waals surface area contributed by atoms with Gasteiger partial charge in [-0.05, 0) is 32.4 Å². The molecule has 1 amide bonds. The Kier molecular flexibility index (Phi) is 5.84. The van der Waals surface area contributed by atoms with Crippen molar-refractivity contribution in [1.82, 2.24) is 29.7 Å². The van der Waals surface area contributed by atoms with Gasteiger partial charge in [-0.15, -0.1) is 0 Å². The molecular weight excluding hydrogens is 408 g/mol. The zero-order chi connectivity index (χ0) is 21.5. The van der Waals surface area contributed by atoms with Gasteiger partial charge in [0.05, 0.1) is 25.3 Å². The van der Waals surface area contributed by atoms with Crippen LogP contribution >= 0.6 is 11.6 Å². The second-order valence-corrected chi connectivity index (χ2v) is 8.72. The molecule has 0 unspecified atom stereocenters. The zero-order valence-electron chi connectivity index (χ0n) is 17.7. The van der Waals surface area contributed by atoms with Gasteiger partial charge in [-0.1, -0.05) is 0 Å². The Hall–Kier alpha value is -2.01. The van der Waals surface area contributed by atoms with E-state index in [1.54, 1.807) is 0 Å². The molecule has 2 aliphatic rings. The number of hydrogen-bond acceptors (Lipinski definition) is 8. The normalized spacial score (nSPS) is 18.7. The Morgan fingerprint density at radius 3 is 2.60 bits per heavy atom. The van der Waals surface area contributed by atoms with Crippen molar-refractivity contribution in [2.45, 2.75) is 45.4 Å². The van der Waals surface area contributed by atoms with Crippen molar-refractivity contribution in [2.75, 3.05) is 44.3 Å². The molecule has 2 saturated heterocycles. The van der Waals surface area contributed by atoms with Crippen molar-refractivity contribution in [2.24, 2.45) is 5.73 Å². The average molecular weight is 437 g/mol. The lowest BCUT2D eigenvalue weighted by molar-refractivity contribution is -0.124.